The summed E-state index contributed by atoms with van der Waals surface area (Å²) in [5, 5.41) is 11.3. The zero-order chi connectivity index (χ0) is 17.7. The van der Waals surface area contributed by atoms with Crippen LogP contribution in [0.5, 0.6) is 0 Å². The van der Waals surface area contributed by atoms with Crippen LogP contribution in [-0.2, 0) is 9.84 Å². The summed E-state index contributed by atoms with van der Waals surface area (Å²) in [4.78, 5) is 0.263. The molecule has 1 N–H and O–H groups in total. The van der Waals surface area contributed by atoms with Crippen LogP contribution in [0.3, 0.4) is 0 Å². The van der Waals surface area contributed by atoms with Gasteiger partial charge in [0.05, 0.1) is 4.90 Å². The molecule has 0 saturated heterocycles. The van der Waals surface area contributed by atoms with Gasteiger partial charge in [0, 0.05) is 0 Å². The molecule has 4 heteroatoms. The van der Waals surface area contributed by atoms with E-state index >= 15 is 0 Å². The first-order valence-electron chi connectivity index (χ1n) is 8.71. The molecule has 2 aliphatic carbocycles. The van der Waals surface area contributed by atoms with Crippen LogP contribution < -0.4 is 0 Å². The Bertz CT molecular complexity index is 889. The van der Waals surface area contributed by atoms with E-state index < -0.39 is 20.7 Å². The summed E-state index contributed by atoms with van der Waals surface area (Å²) in [6.07, 6.45) is 1.48. The molecule has 0 amide bonds. The van der Waals surface area contributed by atoms with Crippen LogP contribution in [0.1, 0.15) is 30.9 Å². The minimum absolute atomic E-state index is 0.0922. The molecular weight excluding hydrogens is 332 g/mol. The summed E-state index contributed by atoms with van der Waals surface area (Å²) in [7, 11) is -3.78. The van der Waals surface area contributed by atoms with Gasteiger partial charge in [0.1, 0.15) is 10.9 Å². The van der Waals surface area contributed by atoms with Crippen molar-refractivity contribution >= 4 is 9.84 Å². The number of sulfone groups is 1. The molecule has 0 aliphatic heterocycles. The quantitative estimate of drug-likeness (QED) is 0.847. The van der Waals surface area contributed by atoms with E-state index in [1.807, 2.05) is 18.2 Å². The highest BCUT2D eigenvalue weighted by atomic mass is 32.2. The summed E-state index contributed by atoms with van der Waals surface area (Å²) in [6, 6.07) is 17.6. The standard InChI is InChI=1S/C21H22O3S/c1-15-17-12-13-18(14-17)21(15,20(22)16-8-4-2-5-9-16)25(23,24)19-10-6-3-7-11-19/h2-11,17-18,20,22H,1,12-14H2/t17-,18+,20+,21+/m1/s1. The Morgan fingerprint density at radius 3 is 2.16 bits per heavy atom. The van der Waals surface area contributed by atoms with Gasteiger partial charge in [-0.1, -0.05) is 55.1 Å². The van der Waals surface area contributed by atoms with Gasteiger partial charge in [-0.3, -0.25) is 0 Å². The van der Waals surface area contributed by atoms with E-state index in [2.05, 4.69) is 6.58 Å². The van der Waals surface area contributed by atoms with Crippen molar-refractivity contribution in [3.8, 4) is 0 Å². The molecule has 0 spiro atoms. The second kappa shape index (κ2) is 5.82. The molecule has 2 aromatic rings. The molecule has 0 heterocycles. The Morgan fingerprint density at radius 1 is 1.00 bits per heavy atom. The molecule has 4 atom stereocenters. The third-order valence-corrected chi connectivity index (χ3v) is 8.65. The highest BCUT2D eigenvalue weighted by Gasteiger charge is 2.65. The van der Waals surface area contributed by atoms with Crippen LogP contribution in [0.2, 0.25) is 0 Å². The Balaban J connectivity index is 1.94. The van der Waals surface area contributed by atoms with E-state index in [4.69, 9.17) is 0 Å². The maximum absolute atomic E-state index is 13.8. The van der Waals surface area contributed by atoms with Crippen molar-refractivity contribution < 1.29 is 13.5 Å². The van der Waals surface area contributed by atoms with Gasteiger partial charge in [-0.2, -0.15) is 0 Å². The lowest BCUT2D eigenvalue weighted by molar-refractivity contribution is 0.114. The summed E-state index contributed by atoms with van der Waals surface area (Å²) in [5.74, 6) is 0.0901. The fourth-order valence-electron chi connectivity index (χ4n) is 4.88. The molecule has 0 aromatic heterocycles. The van der Waals surface area contributed by atoms with Crippen molar-refractivity contribution in [2.45, 2.75) is 35.0 Å². The largest absolute Gasteiger partial charge is 0.386 e. The van der Waals surface area contributed by atoms with Crippen molar-refractivity contribution in [3.63, 3.8) is 0 Å². The summed E-state index contributed by atoms with van der Waals surface area (Å²) in [5.41, 5.74) is 1.32. The number of rotatable bonds is 4. The zero-order valence-corrected chi connectivity index (χ0v) is 14.8. The number of hydrogen-bond acceptors (Lipinski definition) is 3. The Hall–Kier alpha value is -1.91. The van der Waals surface area contributed by atoms with Gasteiger partial charge in [-0.25, -0.2) is 8.42 Å². The van der Waals surface area contributed by atoms with Crippen molar-refractivity contribution in [2.24, 2.45) is 11.8 Å². The maximum atomic E-state index is 13.8. The normalized spacial score (nSPS) is 29.7. The van der Waals surface area contributed by atoms with Crippen molar-refractivity contribution in [3.05, 3.63) is 78.4 Å². The lowest BCUT2D eigenvalue weighted by Gasteiger charge is -2.42. The van der Waals surface area contributed by atoms with Crippen molar-refractivity contribution in [1.29, 1.82) is 0 Å². The molecule has 2 fully saturated rings. The molecule has 2 saturated carbocycles. The molecule has 2 aromatic carbocycles. The molecule has 25 heavy (non-hydrogen) atoms. The average molecular weight is 354 g/mol. The molecule has 0 radical (unpaired) electrons. The van der Waals surface area contributed by atoms with E-state index in [0.29, 0.717) is 11.1 Å². The second-order valence-electron chi connectivity index (χ2n) is 7.15. The van der Waals surface area contributed by atoms with Crippen molar-refractivity contribution in [1.82, 2.24) is 0 Å². The first-order valence-corrected chi connectivity index (χ1v) is 10.2. The molecular formula is C21H22O3S. The summed E-state index contributed by atoms with van der Waals surface area (Å²) >= 11 is 0. The van der Waals surface area contributed by atoms with Crippen LogP contribution in [0.4, 0.5) is 0 Å². The molecule has 130 valence electrons. The second-order valence-corrected chi connectivity index (χ2v) is 9.31. The Morgan fingerprint density at radius 2 is 1.60 bits per heavy atom. The highest BCUT2D eigenvalue weighted by Crippen LogP contribution is 2.62. The topological polar surface area (TPSA) is 54.4 Å². The van der Waals surface area contributed by atoms with Crippen LogP contribution >= 0.6 is 0 Å². The number of aliphatic hydroxyl groups is 1. The fraction of sp³-hybridized carbons (Fsp3) is 0.333. The predicted molar refractivity (Wildman–Crippen MR) is 97.7 cm³/mol. The van der Waals surface area contributed by atoms with Crippen molar-refractivity contribution in [2.75, 3.05) is 0 Å². The van der Waals surface area contributed by atoms with Crippen LogP contribution in [0.25, 0.3) is 0 Å². The lowest BCUT2D eigenvalue weighted by Crippen LogP contribution is -2.50. The lowest BCUT2D eigenvalue weighted by atomic mass is 9.78. The third kappa shape index (κ3) is 2.17. The fourth-order valence-corrected chi connectivity index (χ4v) is 7.38. The van der Waals surface area contributed by atoms with Crippen LogP contribution in [0.15, 0.2) is 77.7 Å². The molecule has 2 bridgehead atoms. The van der Waals surface area contributed by atoms with Gasteiger partial charge in [0.25, 0.3) is 0 Å². The van der Waals surface area contributed by atoms with E-state index in [-0.39, 0.29) is 16.7 Å². The summed E-state index contributed by atoms with van der Waals surface area (Å²) in [6.45, 7) is 4.19. The SMILES string of the molecule is C=C1[C@@H]2CC[C@@H](C2)[C@@]1([C@@H](O)c1ccccc1)S(=O)(=O)c1ccccc1. The summed E-state index contributed by atoms with van der Waals surface area (Å²) < 4.78 is 26.2. The number of hydrogen-bond donors (Lipinski definition) is 1. The first-order chi connectivity index (χ1) is 12.0. The molecule has 4 rings (SSSR count). The van der Waals surface area contributed by atoms with E-state index in [9.17, 15) is 13.5 Å². The van der Waals surface area contributed by atoms with Crippen LogP contribution in [-0.4, -0.2) is 18.3 Å². The highest BCUT2D eigenvalue weighted by molar-refractivity contribution is 7.93. The smallest absolute Gasteiger partial charge is 0.191 e. The monoisotopic (exact) mass is 354 g/mol. The number of fused-ring (bicyclic) bond motifs is 2. The third-order valence-electron chi connectivity index (χ3n) is 6.05. The molecule has 3 nitrogen and oxygen atoms in total. The number of benzene rings is 2. The average Bonchev–Trinajstić information content (AvgIpc) is 3.23. The van der Waals surface area contributed by atoms with Gasteiger partial charge in [0.15, 0.2) is 9.84 Å². The van der Waals surface area contributed by atoms with Gasteiger partial charge >= 0.3 is 0 Å². The molecule has 0 unspecified atom stereocenters. The minimum Gasteiger partial charge on any atom is -0.386 e. The maximum Gasteiger partial charge on any atom is 0.191 e. The van der Waals surface area contributed by atoms with Crippen LogP contribution in [0, 0.1) is 11.8 Å². The molecule has 2 aliphatic rings. The van der Waals surface area contributed by atoms with E-state index in [0.717, 1.165) is 19.3 Å². The van der Waals surface area contributed by atoms with Gasteiger partial charge in [-0.15, -0.1) is 0 Å². The zero-order valence-electron chi connectivity index (χ0n) is 14.0. The Labute approximate surface area is 148 Å². The van der Waals surface area contributed by atoms with E-state index in [1.54, 1.807) is 42.5 Å². The minimum atomic E-state index is -3.78. The Kier molecular flexibility index (Phi) is 3.85. The predicted octanol–water partition coefficient (Wildman–Crippen LogP) is 3.92. The first kappa shape index (κ1) is 16.6. The van der Waals surface area contributed by atoms with Gasteiger partial charge in [0.2, 0.25) is 0 Å². The van der Waals surface area contributed by atoms with E-state index in [1.165, 1.54) is 0 Å². The van der Waals surface area contributed by atoms with Gasteiger partial charge < -0.3 is 5.11 Å². The van der Waals surface area contributed by atoms with Gasteiger partial charge in [-0.05, 0) is 54.4 Å². The number of aliphatic hydroxyl groups excluding tert-OH is 1.